The van der Waals surface area contributed by atoms with E-state index in [4.69, 9.17) is 10.1 Å². The van der Waals surface area contributed by atoms with Gasteiger partial charge in [0.25, 0.3) is 5.78 Å². The molecular formula is C20H23FN6. The minimum atomic E-state index is -0.190. The molecule has 2 aliphatic rings. The SMILES string of the molecule is CCc1nc2nc3c(c(N4CCN(c5ccc(F)cc5)CC4)n2n1)CCC3. The van der Waals surface area contributed by atoms with Crippen molar-refractivity contribution in [3.63, 3.8) is 0 Å². The van der Waals surface area contributed by atoms with Gasteiger partial charge < -0.3 is 9.80 Å². The summed E-state index contributed by atoms with van der Waals surface area (Å²) in [5.74, 6) is 2.56. The van der Waals surface area contributed by atoms with Gasteiger partial charge in [-0.1, -0.05) is 6.92 Å². The highest BCUT2D eigenvalue weighted by Gasteiger charge is 2.27. The van der Waals surface area contributed by atoms with Crippen LogP contribution in [0.2, 0.25) is 0 Å². The van der Waals surface area contributed by atoms with Crippen LogP contribution in [0.15, 0.2) is 24.3 Å². The molecule has 0 radical (unpaired) electrons. The van der Waals surface area contributed by atoms with Gasteiger partial charge in [-0.15, -0.1) is 5.10 Å². The Morgan fingerprint density at radius 1 is 0.963 bits per heavy atom. The molecule has 1 aliphatic heterocycles. The van der Waals surface area contributed by atoms with E-state index < -0.39 is 0 Å². The smallest absolute Gasteiger partial charge is 0.254 e. The van der Waals surface area contributed by atoms with Crippen molar-refractivity contribution in [3.05, 3.63) is 47.2 Å². The van der Waals surface area contributed by atoms with Crippen LogP contribution < -0.4 is 9.80 Å². The van der Waals surface area contributed by atoms with E-state index in [9.17, 15) is 4.39 Å². The van der Waals surface area contributed by atoms with Gasteiger partial charge in [0.05, 0.1) is 5.69 Å². The van der Waals surface area contributed by atoms with Crippen LogP contribution in [-0.2, 0) is 19.3 Å². The largest absolute Gasteiger partial charge is 0.368 e. The van der Waals surface area contributed by atoms with Gasteiger partial charge in [-0.25, -0.2) is 9.37 Å². The molecule has 0 spiro atoms. The number of benzene rings is 1. The molecule has 0 atom stereocenters. The zero-order chi connectivity index (χ0) is 18.4. The first-order valence-corrected chi connectivity index (χ1v) is 9.76. The molecule has 3 aromatic rings. The normalized spacial score (nSPS) is 17.0. The van der Waals surface area contributed by atoms with Crippen molar-refractivity contribution in [2.24, 2.45) is 0 Å². The lowest BCUT2D eigenvalue weighted by molar-refractivity contribution is 0.622. The minimum absolute atomic E-state index is 0.190. The van der Waals surface area contributed by atoms with E-state index in [1.165, 1.54) is 29.2 Å². The lowest BCUT2D eigenvalue weighted by Crippen LogP contribution is -2.47. The van der Waals surface area contributed by atoms with Gasteiger partial charge in [-0.05, 0) is 43.5 Å². The number of rotatable bonds is 3. The highest BCUT2D eigenvalue weighted by atomic mass is 19.1. The number of fused-ring (bicyclic) bond motifs is 2. The molecule has 27 heavy (non-hydrogen) atoms. The van der Waals surface area contributed by atoms with Crippen molar-refractivity contribution >= 4 is 17.3 Å². The molecule has 6 nitrogen and oxygen atoms in total. The Bertz CT molecular complexity index is 972. The Morgan fingerprint density at radius 2 is 1.70 bits per heavy atom. The van der Waals surface area contributed by atoms with Crippen LogP contribution in [0.4, 0.5) is 15.9 Å². The fourth-order valence-electron chi connectivity index (χ4n) is 4.20. The summed E-state index contributed by atoms with van der Waals surface area (Å²) in [6.07, 6.45) is 4.06. The van der Waals surface area contributed by atoms with Crippen molar-refractivity contribution in [2.75, 3.05) is 36.0 Å². The molecule has 0 unspecified atom stereocenters. The third-order valence-corrected chi connectivity index (χ3v) is 5.62. The highest BCUT2D eigenvalue weighted by Crippen LogP contribution is 2.31. The van der Waals surface area contributed by atoms with Crippen LogP contribution in [0.25, 0.3) is 5.78 Å². The second kappa shape index (κ2) is 6.48. The molecule has 7 heteroatoms. The number of anilines is 2. The summed E-state index contributed by atoms with van der Waals surface area (Å²) >= 11 is 0. The molecular weight excluding hydrogens is 343 g/mol. The summed E-state index contributed by atoms with van der Waals surface area (Å²) < 4.78 is 15.2. The summed E-state index contributed by atoms with van der Waals surface area (Å²) in [4.78, 5) is 14.1. The zero-order valence-corrected chi connectivity index (χ0v) is 15.5. The average Bonchev–Trinajstić information content (AvgIpc) is 3.33. The maximum Gasteiger partial charge on any atom is 0.254 e. The molecule has 2 aromatic heterocycles. The number of aromatic nitrogens is 4. The molecule has 0 N–H and O–H groups in total. The molecule has 0 bridgehead atoms. The summed E-state index contributed by atoms with van der Waals surface area (Å²) in [6, 6.07) is 6.78. The van der Waals surface area contributed by atoms with Crippen molar-refractivity contribution in [1.82, 2.24) is 19.6 Å². The van der Waals surface area contributed by atoms with Gasteiger partial charge in [-0.3, -0.25) is 0 Å². The van der Waals surface area contributed by atoms with Crippen LogP contribution in [0, 0.1) is 5.82 Å². The third kappa shape index (κ3) is 2.81. The molecule has 1 saturated heterocycles. The van der Waals surface area contributed by atoms with Gasteiger partial charge in [0.2, 0.25) is 0 Å². The Hall–Kier alpha value is -2.70. The van der Waals surface area contributed by atoms with E-state index in [1.54, 1.807) is 0 Å². The Labute approximate surface area is 157 Å². The second-order valence-corrected chi connectivity index (χ2v) is 7.26. The summed E-state index contributed by atoms with van der Waals surface area (Å²) in [6.45, 7) is 5.69. The predicted molar refractivity (Wildman–Crippen MR) is 103 cm³/mol. The van der Waals surface area contributed by atoms with E-state index in [0.29, 0.717) is 0 Å². The summed E-state index contributed by atoms with van der Waals surface area (Å²) in [5, 5.41) is 4.72. The number of halogens is 1. The number of hydrogen-bond acceptors (Lipinski definition) is 5. The first kappa shape index (κ1) is 16.5. The molecule has 1 fully saturated rings. The number of piperazine rings is 1. The molecule has 3 heterocycles. The van der Waals surface area contributed by atoms with Crippen molar-refractivity contribution in [1.29, 1.82) is 0 Å². The van der Waals surface area contributed by atoms with Crippen molar-refractivity contribution in [2.45, 2.75) is 32.6 Å². The molecule has 0 saturated carbocycles. The topological polar surface area (TPSA) is 49.6 Å². The lowest BCUT2D eigenvalue weighted by Gasteiger charge is -2.37. The van der Waals surface area contributed by atoms with Gasteiger partial charge in [-0.2, -0.15) is 9.50 Å². The number of nitrogens with zero attached hydrogens (tertiary/aromatic N) is 6. The van der Waals surface area contributed by atoms with Crippen LogP contribution in [0.3, 0.4) is 0 Å². The molecule has 0 amide bonds. The van der Waals surface area contributed by atoms with Gasteiger partial charge >= 0.3 is 0 Å². The van der Waals surface area contributed by atoms with Gasteiger partial charge in [0.1, 0.15) is 11.6 Å². The fraction of sp³-hybridized carbons (Fsp3) is 0.450. The first-order valence-electron chi connectivity index (χ1n) is 9.76. The maximum atomic E-state index is 13.2. The minimum Gasteiger partial charge on any atom is -0.368 e. The number of hydrogen-bond donors (Lipinski definition) is 0. The predicted octanol–water partition coefficient (Wildman–Crippen LogP) is 2.64. The van der Waals surface area contributed by atoms with Crippen LogP contribution >= 0.6 is 0 Å². The van der Waals surface area contributed by atoms with E-state index in [-0.39, 0.29) is 5.82 Å². The molecule has 1 aliphatic carbocycles. The molecule has 140 valence electrons. The standard InChI is InChI=1S/C20H23FN6/c1-2-18-23-20-22-17-5-3-4-16(17)19(27(20)24-18)26-12-10-25(11-13-26)15-8-6-14(21)7-9-15/h6-9H,2-5,10-13H2,1H3. The molecule has 1 aromatic carbocycles. The van der Waals surface area contributed by atoms with Crippen molar-refractivity contribution in [3.8, 4) is 0 Å². The Kier molecular flexibility index (Phi) is 3.95. The second-order valence-electron chi connectivity index (χ2n) is 7.26. The van der Waals surface area contributed by atoms with Crippen LogP contribution in [-0.4, -0.2) is 45.8 Å². The average molecular weight is 366 g/mol. The summed E-state index contributed by atoms with van der Waals surface area (Å²) in [5.41, 5.74) is 3.61. The van der Waals surface area contributed by atoms with Crippen LogP contribution in [0.5, 0.6) is 0 Å². The van der Waals surface area contributed by atoms with E-state index in [1.807, 2.05) is 16.6 Å². The van der Waals surface area contributed by atoms with E-state index >= 15 is 0 Å². The third-order valence-electron chi connectivity index (χ3n) is 5.62. The van der Waals surface area contributed by atoms with E-state index in [0.717, 1.165) is 69.2 Å². The Morgan fingerprint density at radius 3 is 2.44 bits per heavy atom. The monoisotopic (exact) mass is 366 g/mol. The van der Waals surface area contributed by atoms with Crippen molar-refractivity contribution < 1.29 is 4.39 Å². The van der Waals surface area contributed by atoms with Crippen LogP contribution in [0.1, 0.15) is 30.4 Å². The summed E-state index contributed by atoms with van der Waals surface area (Å²) in [7, 11) is 0. The zero-order valence-electron chi connectivity index (χ0n) is 15.5. The van der Waals surface area contributed by atoms with E-state index in [2.05, 4.69) is 21.7 Å². The fourth-order valence-corrected chi connectivity index (χ4v) is 4.20. The Balaban J connectivity index is 1.46. The maximum absolute atomic E-state index is 13.2. The number of aryl methyl sites for hydroxylation is 2. The lowest BCUT2D eigenvalue weighted by atomic mass is 10.2. The van der Waals surface area contributed by atoms with Gasteiger partial charge in [0, 0.05) is 43.9 Å². The molecule has 5 rings (SSSR count). The highest BCUT2D eigenvalue weighted by molar-refractivity contribution is 5.58. The quantitative estimate of drug-likeness (QED) is 0.713. The first-order chi connectivity index (χ1) is 13.2. The van der Waals surface area contributed by atoms with Gasteiger partial charge in [0.15, 0.2) is 5.82 Å².